The average molecular weight is 492 g/mol. The lowest BCUT2D eigenvalue weighted by Crippen LogP contribution is -2.29. The minimum Gasteiger partial charge on any atom is -0.372 e. The molecular weight excluding hydrogens is 463 g/mol. The van der Waals surface area contributed by atoms with E-state index in [4.69, 9.17) is 23.2 Å². The first kappa shape index (κ1) is 26.2. The van der Waals surface area contributed by atoms with E-state index in [1.807, 2.05) is 18.2 Å². The molecule has 0 radical (unpaired) electrons. The van der Waals surface area contributed by atoms with Gasteiger partial charge >= 0.3 is 0 Å². The average Bonchev–Trinajstić information content (AvgIpc) is 2.78. The van der Waals surface area contributed by atoms with Crippen LogP contribution in [-0.4, -0.2) is 30.3 Å². The van der Waals surface area contributed by atoms with Gasteiger partial charge in [0.1, 0.15) is 0 Å². The number of hydrogen-bond acceptors (Lipinski definition) is 3. The minimum absolute atomic E-state index is 0. The van der Waals surface area contributed by atoms with E-state index in [1.54, 1.807) is 18.2 Å². The fraction of sp³-hybridized carbons (Fsp3) is 0.269. The maximum atomic E-state index is 13.0. The topological polar surface area (TPSA) is 23.6 Å². The van der Waals surface area contributed by atoms with E-state index in [9.17, 15) is 4.79 Å². The fourth-order valence-electron chi connectivity index (χ4n) is 3.63. The highest BCUT2D eigenvalue weighted by Crippen LogP contribution is 2.23. The van der Waals surface area contributed by atoms with Crippen molar-refractivity contribution in [2.45, 2.75) is 26.9 Å². The van der Waals surface area contributed by atoms with Crippen molar-refractivity contribution >= 4 is 47.1 Å². The summed E-state index contributed by atoms with van der Waals surface area (Å²) in [4.78, 5) is 17.4. The van der Waals surface area contributed by atoms with Gasteiger partial charge in [0.25, 0.3) is 0 Å². The van der Waals surface area contributed by atoms with Crippen molar-refractivity contribution in [2.75, 3.05) is 24.5 Å². The molecule has 0 aromatic heterocycles. The van der Waals surface area contributed by atoms with Gasteiger partial charge in [0, 0.05) is 37.4 Å². The number of benzene rings is 3. The van der Waals surface area contributed by atoms with Gasteiger partial charge in [-0.05, 0) is 55.3 Å². The molecule has 0 aliphatic carbocycles. The van der Waals surface area contributed by atoms with Gasteiger partial charge in [0.15, 0.2) is 5.78 Å². The Hall–Kier alpha value is -2.04. The van der Waals surface area contributed by atoms with Crippen LogP contribution in [0.2, 0.25) is 10.0 Å². The van der Waals surface area contributed by atoms with Gasteiger partial charge in [-0.3, -0.25) is 9.69 Å². The van der Waals surface area contributed by atoms with Crippen LogP contribution in [0.5, 0.6) is 0 Å². The molecule has 6 heteroatoms. The Labute approximate surface area is 207 Å². The second-order valence-corrected chi connectivity index (χ2v) is 8.34. The smallest absolute Gasteiger partial charge is 0.176 e. The summed E-state index contributed by atoms with van der Waals surface area (Å²) in [5, 5.41) is 0.849. The number of rotatable bonds is 10. The zero-order chi connectivity index (χ0) is 22.2. The van der Waals surface area contributed by atoms with Crippen LogP contribution in [0.4, 0.5) is 5.69 Å². The van der Waals surface area contributed by atoms with Crippen molar-refractivity contribution in [2.24, 2.45) is 0 Å². The Morgan fingerprint density at radius 2 is 1.38 bits per heavy atom. The first-order chi connectivity index (χ1) is 15.0. The van der Waals surface area contributed by atoms with E-state index < -0.39 is 0 Å². The third kappa shape index (κ3) is 7.25. The van der Waals surface area contributed by atoms with Crippen LogP contribution < -0.4 is 4.90 Å². The fourth-order valence-corrected chi connectivity index (χ4v) is 3.93. The molecule has 0 spiro atoms. The highest BCUT2D eigenvalue weighted by Gasteiger charge is 2.15. The Bertz CT molecular complexity index is 990. The highest BCUT2D eigenvalue weighted by atomic mass is 35.5. The number of hydrogen-bond donors (Lipinski definition) is 0. The van der Waals surface area contributed by atoms with Crippen LogP contribution in [0.1, 0.15) is 35.3 Å². The maximum absolute atomic E-state index is 13.0. The van der Waals surface area contributed by atoms with E-state index in [2.05, 4.69) is 60.0 Å². The van der Waals surface area contributed by atoms with Gasteiger partial charge in [-0.25, -0.2) is 0 Å². The van der Waals surface area contributed by atoms with E-state index >= 15 is 0 Å². The van der Waals surface area contributed by atoms with Crippen molar-refractivity contribution in [3.05, 3.63) is 99.5 Å². The van der Waals surface area contributed by atoms with Crippen molar-refractivity contribution in [3.8, 4) is 0 Å². The molecule has 0 atom stereocenters. The standard InChI is InChI=1S/C26H28Cl2N2O.ClH/c1-3-30(4-2)23-13-10-21(11-14-23)18-29(17-20-8-6-5-7-9-20)19-26(31)22-12-15-24(27)25(28)16-22;/h5-16H,3-4,17-19H2,1-2H3;1H. The van der Waals surface area contributed by atoms with Gasteiger partial charge in [-0.2, -0.15) is 0 Å². The lowest BCUT2D eigenvalue weighted by Gasteiger charge is -2.24. The second kappa shape index (κ2) is 12.9. The minimum atomic E-state index is 0. The second-order valence-electron chi connectivity index (χ2n) is 7.52. The summed E-state index contributed by atoms with van der Waals surface area (Å²) in [5.74, 6) is 0.0225. The van der Waals surface area contributed by atoms with Gasteiger partial charge < -0.3 is 4.90 Å². The van der Waals surface area contributed by atoms with Crippen LogP contribution in [0, 0.1) is 0 Å². The normalized spacial score (nSPS) is 10.7. The van der Waals surface area contributed by atoms with Gasteiger partial charge in [-0.1, -0.05) is 65.7 Å². The molecule has 0 saturated heterocycles. The lowest BCUT2D eigenvalue weighted by atomic mass is 10.1. The van der Waals surface area contributed by atoms with Crippen LogP contribution in [0.15, 0.2) is 72.8 Å². The number of carbonyl (C=O) groups is 1. The van der Waals surface area contributed by atoms with Gasteiger partial charge in [0.05, 0.1) is 16.6 Å². The molecule has 0 unspecified atom stereocenters. The molecule has 0 amide bonds. The largest absolute Gasteiger partial charge is 0.372 e. The SMILES string of the molecule is CCN(CC)c1ccc(CN(CC(=O)c2ccc(Cl)c(Cl)c2)Cc2ccccc2)cc1.Cl. The van der Waals surface area contributed by atoms with E-state index in [0.29, 0.717) is 35.2 Å². The molecule has 3 aromatic carbocycles. The summed E-state index contributed by atoms with van der Waals surface area (Å²) in [6.45, 7) is 7.94. The zero-order valence-corrected chi connectivity index (χ0v) is 20.8. The molecule has 0 aliphatic rings. The van der Waals surface area contributed by atoms with Crippen LogP contribution >= 0.6 is 35.6 Å². The molecule has 0 fully saturated rings. The van der Waals surface area contributed by atoms with E-state index in [-0.39, 0.29) is 18.2 Å². The molecule has 3 rings (SSSR count). The van der Waals surface area contributed by atoms with Crippen molar-refractivity contribution in [3.63, 3.8) is 0 Å². The molecule has 0 aliphatic heterocycles. The summed E-state index contributed by atoms with van der Waals surface area (Å²) in [6, 6.07) is 23.9. The Morgan fingerprint density at radius 1 is 0.781 bits per heavy atom. The molecule has 0 saturated carbocycles. The van der Waals surface area contributed by atoms with E-state index in [0.717, 1.165) is 13.1 Å². The van der Waals surface area contributed by atoms with E-state index in [1.165, 1.54) is 16.8 Å². The first-order valence-corrected chi connectivity index (χ1v) is 11.3. The van der Waals surface area contributed by atoms with Crippen LogP contribution in [0.25, 0.3) is 0 Å². The number of Topliss-reactive ketones (excluding diaryl/α,β-unsaturated/α-hetero) is 1. The number of nitrogens with zero attached hydrogens (tertiary/aromatic N) is 2. The first-order valence-electron chi connectivity index (χ1n) is 10.6. The lowest BCUT2D eigenvalue weighted by molar-refractivity contribution is 0.0920. The predicted molar refractivity (Wildman–Crippen MR) is 139 cm³/mol. The summed E-state index contributed by atoms with van der Waals surface area (Å²) >= 11 is 12.1. The molecule has 170 valence electrons. The van der Waals surface area contributed by atoms with Gasteiger partial charge in [-0.15, -0.1) is 12.4 Å². The quantitative estimate of drug-likeness (QED) is 0.281. The summed E-state index contributed by atoms with van der Waals surface area (Å²) in [6.07, 6.45) is 0. The molecule has 0 heterocycles. The zero-order valence-electron chi connectivity index (χ0n) is 18.4. The third-order valence-corrected chi connectivity index (χ3v) is 6.07. The Kier molecular flexibility index (Phi) is 10.5. The highest BCUT2D eigenvalue weighted by molar-refractivity contribution is 6.42. The Balaban J connectivity index is 0.00000363. The summed E-state index contributed by atoms with van der Waals surface area (Å²) < 4.78 is 0. The van der Waals surface area contributed by atoms with Gasteiger partial charge in [0.2, 0.25) is 0 Å². The Morgan fingerprint density at radius 3 is 1.94 bits per heavy atom. The molecule has 0 bridgehead atoms. The molecule has 32 heavy (non-hydrogen) atoms. The van der Waals surface area contributed by atoms with Crippen LogP contribution in [0.3, 0.4) is 0 Å². The third-order valence-electron chi connectivity index (χ3n) is 5.33. The summed E-state index contributed by atoms with van der Waals surface area (Å²) in [5.41, 5.74) is 4.14. The number of carbonyl (C=O) groups excluding carboxylic acids is 1. The molecular formula is C26H29Cl3N2O. The maximum Gasteiger partial charge on any atom is 0.176 e. The molecule has 3 aromatic rings. The monoisotopic (exact) mass is 490 g/mol. The van der Waals surface area contributed by atoms with Crippen molar-refractivity contribution < 1.29 is 4.79 Å². The molecule has 3 nitrogen and oxygen atoms in total. The van der Waals surface area contributed by atoms with Crippen LogP contribution in [-0.2, 0) is 13.1 Å². The number of anilines is 1. The number of ketones is 1. The molecule has 0 N–H and O–H groups in total. The number of halogens is 3. The summed E-state index contributed by atoms with van der Waals surface area (Å²) in [7, 11) is 0. The van der Waals surface area contributed by atoms with Crippen molar-refractivity contribution in [1.29, 1.82) is 0 Å². The predicted octanol–water partition coefficient (Wildman–Crippen LogP) is 7.15. The van der Waals surface area contributed by atoms with Crippen molar-refractivity contribution in [1.82, 2.24) is 4.90 Å².